The van der Waals surface area contributed by atoms with E-state index in [1.165, 1.54) is 7.11 Å². The molecule has 0 N–H and O–H groups in total. The molecule has 0 radical (unpaired) electrons. The Morgan fingerprint density at radius 2 is 1.16 bits per heavy atom. The van der Waals surface area contributed by atoms with Crippen LogP contribution >= 0.6 is 0 Å². The van der Waals surface area contributed by atoms with Crippen molar-refractivity contribution in [2.75, 3.05) is 7.11 Å². The van der Waals surface area contributed by atoms with Gasteiger partial charge in [-0.3, -0.25) is 0 Å². The number of carbonyl (C=O) groups excluding carboxylic acids is 3. The SMILES string of the molecule is CC=C[C@@H](OC(=O)c1ccccc1)[C@H]1O[C@H](OC)[C@H](OC(=O)c2ccccc2)[C@@H]1OC(=O)c1ccccc1. The van der Waals surface area contributed by atoms with Crippen LogP contribution in [-0.2, 0) is 23.7 Å². The maximum atomic E-state index is 13.1. The minimum atomic E-state index is -1.16. The van der Waals surface area contributed by atoms with E-state index in [2.05, 4.69) is 0 Å². The van der Waals surface area contributed by atoms with Crippen molar-refractivity contribution in [3.05, 3.63) is 120 Å². The number of ether oxygens (including phenoxy) is 5. The zero-order valence-corrected chi connectivity index (χ0v) is 21.0. The summed E-state index contributed by atoms with van der Waals surface area (Å²) < 4.78 is 28.9. The molecule has 0 aliphatic carbocycles. The van der Waals surface area contributed by atoms with Crippen molar-refractivity contribution in [2.24, 2.45) is 0 Å². The van der Waals surface area contributed by atoms with Gasteiger partial charge in [0.1, 0.15) is 6.10 Å². The van der Waals surface area contributed by atoms with E-state index in [0.717, 1.165) is 0 Å². The van der Waals surface area contributed by atoms with Crippen LogP contribution in [0.15, 0.2) is 103 Å². The summed E-state index contributed by atoms with van der Waals surface area (Å²) in [6.45, 7) is 1.75. The van der Waals surface area contributed by atoms with Crippen molar-refractivity contribution in [2.45, 2.75) is 37.6 Å². The van der Waals surface area contributed by atoms with Crippen LogP contribution in [0.4, 0.5) is 0 Å². The number of rotatable bonds is 9. The predicted octanol–water partition coefficient (Wildman–Crippen LogP) is 4.61. The van der Waals surface area contributed by atoms with Gasteiger partial charge in [-0.2, -0.15) is 0 Å². The molecule has 0 spiro atoms. The van der Waals surface area contributed by atoms with Crippen molar-refractivity contribution in [3.63, 3.8) is 0 Å². The zero-order chi connectivity index (χ0) is 26.9. The van der Waals surface area contributed by atoms with Crippen LogP contribution in [0.1, 0.15) is 38.0 Å². The smallest absolute Gasteiger partial charge is 0.338 e. The molecule has 3 aromatic carbocycles. The van der Waals surface area contributed by atoms with Gasteiger partial charge >= 0.3 is 17.9 Å². The highest BCUT2D eigenvalue weighted by Gasteiger charge is 2.53. The van der Waals surface area contributed by atoms with Gasteiger partial charge in [0, 0.05) is 7.11 Å². The van der Waals surface area contributed by atoms with Gasteiger partial charge in [-0.05, 0) is 49.4 Å². The molecule has 0 bridgehead atoms. The van der Waals surface area contributed by atoms with Gasteiger partial charge in [0.25, 0.3) is 0 Å². The molecule has 1 saturated heterocycles. The molecule has 0 saturated carbocycles. The summed E-state index contributed by atoms with van der Waals surface area (Å²) in [7, 11) is 1.38. The lowest BCUT2D eigenvalue weighted by molar-refractivity contribution is -0.160. The number of allylic oxidation sites excluding steroid dienone is 1. The topological polar surface area (TPSA) is 97.4 Å². The van der Waals surface area contributed by atoms with Gasteiger partial charge in [0.05, 0.1) is 16.7 Å². The number of hydrogen-bond donors (Lipinski definition) is 0. The molecule has 1 aliphatic rings. The van der Waals surface area contributed by atoms with Gasteiger partial charge in [0.2, 0.25) is 0 Å². The number of carbonyl (C=O) groups is 3. The fraction of sp³-hybridized carbons (Fsp3) is 0.233. The molecule has 0 aromatic heterocycles. The molecule has 1 fully saturated rings. The predicted molar refractivity (Wildman–Crippen MR) is 137 cm³/mol. The quantitative estimate of drug-likeness (QED) is 0.231. The molecule has 3 aromatic rings. The van der Waals surface area contributed by atoms with Crippen molar-refractivity contribution in [1.29, 1.82) is 0 Å². The van der Waals surface area contributed by atoms with E-state index in [0.29, 0.717) is 16.7 Å². The normalized spacial score (nSPS) is 21.5. The van der Waals surface area contributed by atoms with Gasteiger partial charge in [-0.15, -0.1) is 0 Å². The largest absolute Gasteiger partial charge is 0.452 e. The van der Waals surface area contributed by atoms with Gasteiger partial charge in [-0.1, -0.05) is 60.7 Å². The van der Waals surface area contributed by atoms with Crippen LogP contribution in [0.25, 0.3) is 0 Å². The van der Waals surface area contributed by atoms with Crippen molar-refractivity contribution in [3.8, 4) is 0 Å². The minimum Gasteiger partial charge on any atom is -0.452 e. The molecule has 8 heteroatoms. The minimum absolute atomic E-state index is 0.295. The third kappa shape index (κ3) is 6.34. The molecule has 38 heavy (non-hydrogen) atoms. The number of benzene rings is 3. The zero-order valence-electron chi connectivity index (χ0n) is 21.0. The third-order valence-electron chi connectivity index (χ3n) is 5.90. The van der Waals surface area contributed by atoms with E-state index in [9.17, 15) is 14.4 Å². The lowest BCUT2D eigenvalue weighted by Gasteiger charge is -2.27. The molecule has 196 valence electrons. The standard InChI is InChI=1S/C30H28O8/c1-3-13-23(35-27(31)20-14-7-4-8-15-20)24-25(36-28(32)21-16-9-5-10-17-21)26(30(34-2)38-24)37-29(33)22-18-11-6-12-19-22/h3-19,23-26,30H,1-2H3/t23-,24-,25-,26-,30+/m1/s1. The highest BCUT2D eigenvalue weighted by Crippen LogP contribution is 2.32. The van der Waals surface area contributed by atoms with Crippen LogP contribution in [0.5, 0.6) is 0 Å². The van der Waals surface area contributed by atoms with Crippen LogP contribution in [0.3, 0.4) is 0 Å². The summed E-state index contributed by atoms with van der Waals surface area (Å²) in [5.74, 6) is -1.90. The third-order valence-corrected chi connectivity index (χ3v) is 5.90. The highest BCUT2D eigenvalue weighted by molar-refractivity contribution is 5.91. The van der Waals surface area contributed by atoms with E-state index in [1.807, 2.05) is 0 Å². The number of methoxy groups -OCH3 is 1. The molecule has 1 aliphatic heterocycles. The molecular weight excluding hydrogens is 488 g/mol. The Morgan fingerprint density at radius 3 is 1.61 bits per heavy atom. The second kappa shape index (κ2) is 12.8. The van der Waals surface area contributed by atoms with Gasteiger partial charge < -0.3 is 23.7 Å². The second-order valence-electron chi connectivity index (χ2n) is 8.44. The van der Waals surface area contributed by atoms with Crippen molar-refractivity contribution >= 4 is 17.9 Å². The van der Waals surface area contributed by atoms with E-state index < -0.39 is 48.6 Å². The first-order valence-electron chi connectivity index (χ1n) is 12.1. The van der Waals surface area contributed by atoms with E-state index >= 15 is 0 Å². The average Bonchev–Trinajstić information content (AvgIpc) is 3.30. The summed E-state index contributed by atoms with van der Waals surface area (Å²) in [5, 5.41) is 0. The Bertz CT molecular complexity index is 1240. The van der Waals surface area contributed by atoms with E-state index in [-0.39, 0.29) is 0 Å². The average molecular weight is 517 g/mol. The highest BCUT2D eigenvalue weighted by atomic mass is 16.7. The van der Waals surface area contributed by atoms with Crippen LogP contribution in [0, 0.1) is 0 Å². The maximum absolute atomic E-state index is 13.1. The Morgan fingerprint density at radius 1 is 0.711 bits per heavy atom. The Balaban J connectivity index is 1.65. The van der Waals surface area contributed by atoms with Crippen LogP contribution < -0.4 is 0 Å². The van der Waals surface area contributed by atoms with Crippen molar-refractivity contribution in [1.82, 2.24) is 0 Å². The lowest BCUT2D eigenvalue weighted by Crippen LogP contribution is -2.45. The second-order valence-corrected chi connectivity index (χ2v) is 8.44. The first-order chi connectivity index (χ1) is 18.5. The molecule has 0 unspecified atom stereocenters. The molecular formula is C30H28O8. The molecule has 1 heterocycles. The Hall–Kier alpha value is -4.27. The van der Waals surface area contributed by atoms with E-state index in [4.69, 9.17) is 23.7 Å². The molecule has 8 nitrogen and oxygen atoms in total. The van der Waals surface area contributed by atoms with Gasteiger partial charge in [-0.25, -0.2) is 14.4 Å². The fourth-order valence-electron chi connectivity index (χ4n) is 4.07. The van der Waals surface area contributed by atoms with E-state index in [1.54, 1.807) is 110 Å². The molecule has 0 amide bonds. The monoisotopic (exact) mass is 516 g/mol. The Labute approximate surface area is 220 Å². The number of hydrogen-bond acceptors (Lipinski definition) is 8. The summed E-state index contributed by atoms with van der Waals surface area (Å²) in [5.41, 5.74) is 0.941. The summed E-state index contributed by atoms with van der Waals surface area (Å²) >= 11 is 0. The lowest BCUT2D eigenvalue weighted by atomic mass is 10.0. The maximum Gasteiger partial charge on any atom is 0.338 e. The first kappa shape index (κ1) is 26.8. The first-order valence-corrected chi connectivity index (χ1v) is 12.1. The van der Waals surface area contributed by atoms with Crippen molar-refractivity contribution < 1.29 is 38.1 Å². The fourth-order valence-corrected chi connectivity index (χ4v) is 4.07. The van der Waals surface area contributed by atoms with Crippen LogP contribution in [-0.4, -0.2) is 55.7 Å². The molecule has 5 atom stereocenters. The van der Waals surface area contributed by atoms with Gasteiger partial charge in [0.15, 0.2) is 24.6 Å². The Kier molecular flexibility index (Phi) is 9.02. The van der Waals surface area contributed by atoms with Crippen LogP contribution in [0.2, 0.25) is 0 Å². The number of esters is 3. The summed E-state index contributed by atoms with van der Waals surface area (Å²) in [6.07, 6.45) is -2.12. The molecule has 4 rings (SSSR count). The summed E-state index contributed by atoms with van der Waals surface area (Å²) in [6, 6.07) is 25.2. The summed E-state index contributed by atoms with van der Waals surface area (Å²) in [4.78, 5) is 38.9.